The van der Waals surface area contributed by atoms with E-state index in [0.717, 1.165) is 25.8 Å². The summed E-state index contributed by atoms with van der Waals surface area (Å²) >= 11 is 0. The normalized spacial score (nSPS) is 11.5. The van der Waals surface area contributed by atoms with Crippen LogP contribution in [0.1, 0.15) is 31.4 Å². The molecule has 1 N–H and O–H groups in total. The van der Waals surface area contributed by atoms with Crippen molar-refractivity contribution in [3.8, 4) is 0 Å². The number of pyridine rings is 1. The van der Waals surface area contributed by atoms with Gasteiger partial charge in [-0.25, -0.2) is 0 Å². The third kappa shape index (κ3) is 5.14. The largest absolute Gasteiger partial charge is 0.311 e. The zero-order valence-electron chi connectivity index (χ0n) is 12.5. The Morgan fingerprint density at radius 1 is 0.950 bits per heavy atom. The predicted molar refractivity (Wildman–Crippen MR) is 84.8 cm³/mol. The molecular formula is C18H24N2. The van der Waals surface area contributed by atoms with Gasteiger partial charge < -0.3 is 5.32 Å². The average Bonchev–Trinajstić information content (AvgIpc) is 2.47. The van der Waals surface area contributed by atoms with E-state index in [-0.39, 0.29) is 5.54 Å². The fraction of sp³-hybridized carbons (Fsp3) is 0.389. The molecule has 0 aliphatic heterocycles. The van der Waals surface area contributed by atoms with Crippen LogP contribution in [-0.2, 0) is 12.8 Å². The molecule has 0 amide bonds. The highest BCUT2D eigenvalue weighted by atomic mass is 14.9. The summed E-state index contributed by atoms with van der Waals surface area (Å²) in [4.78, 5) is 4.15. The summed E-state index contributed by atoms with van der Waals surface area (Å²) in [5.74, 6) is 0. The molecule has 0 radical (unpaired) electrons. The van der Waals surface area contributed by atoms with Gasteiger partial charge in [0, 0.05) is 17.9 Å². The van der Waals surface area contributed by atoms with Crippen LogP contribution in [0.15, 0.2) is 54.9 Å². The molecular weight excluding hydrogens is 244 g/mol. The molecule has 20 heavy (non-hydrogen) atoms. The highest BCUT2D eigenvalue weighted by Crippen LogP contribution is 2.13. The summed E-state index contributed by atoms with van der Waals surface area (Å²) in [5, 5.41) is 3.65. The minimum atomic E-state index is 0.165. The molecule has 1 aromatic heterocycles. The Morgan fingerprint density at radius 3 is 2.40 bits per heavy atom. The number of hydrogen-bond acceptors (Lipinski definition) is 2. The molecule has 0 aliphatic rings. The molecule has 0 bridgehead atoms. The van der Waals surface area contributed by atoms with Gasteiger partial charge in [-0.05, 0) is 56.8 Å². The molecule has 0 saturated carbocycles. The molecule has 106 valence electrons. The molecule has 0 spiro atoms. The van der Waals surface area contributed by atoms with Crippen molar-refractivity contribution in [2.75, 3.05) is 6.54 Å². The summed E-state index contributed by atoms with van der Waals surface area (Å²) < 4.78 is 0. The first-order valence-electron chi connectivity index (χ1n) is 7.34. The van der Waals surface area contributed by atoms with E-state index in [2.05, 4.69) is 60.5 Å². The van der Waals surface area contributed by atoms with E-state index in [1.165, 1.54) is 11.1 Å². The number of nitrogens with zero attached hydrogens (tertiary/aromatic N) is 1. The quantitative estimate of drug-likeness (QED) is 0.829. The van der Waals surface area contributed by atoms with Crippen molar-refractivity contribution in [2.45, 2.75) is 38.6 Å². The standard InChI is InChI=1S/C18H24N2/c1-18(2,12-10-16-7-4-3-5-8-16)20-14-11-17-9-6-13-19-15-17/h3-9,13,15,20H,10-12,14H2,1-2H3. The van der Waals surface area contributed by atoms with Crippen molar-refractivity contribution in [3.63, 3.8) is 0 Å². The van der Waals surface area contributed by atoms with Crippen LogP contribution in [-0.4, -0.2) is 17.1 Å². The van der Waals surface area contributed by atoms with Gasteiger partial charge >= 0.3 is 0 Å². The SMILES string of the molecule is CC(C)(CCc1ccccc1)NCCc1cccnc1. The van der Waals surface area contributed by atoms with Gasteiger partial charge in [-0.1, -0.05) is 36.4 Å². The van der Waals surface area contributed by atoms with Gasteiger partial charge in [0.2, 0.25) is 0 Å². The van der Waals surface area contributed by atoms with E-state index in [1.807, 2.05) is 18.5 Å². The van der Waals surface area contributed by atoms with E-state index >= 15 is 0 Å². The number of hydrogen-bond donors (Lipinski definition) is 1. The highest BCUT2D eigenvalue weighted by molar-refractivity contribution is 5.15. The summed E-state index contributed by atoms with van der Waals surface area (Å²) in [6, 6.07) is 14.8. The summed E-state index contributed by atoms with van der Waals surface area (Å²) in [7, 11) is 0. The van der Waals surface area contributed by atoms with E-state index < -0.39 is 0 Å². The molecule has 1 aromatic carbocycles. The molecule has 2 aromatic rings. The van der Waals surface area contributed by atoms with Crippen LogP contribution in [0.3, 0.4) is 0 Å². The third-order valence-electron chi connectivity index (χ3n) is 3.62. The molecule has 2 heteroatoms. The van der Waals surface area contributed by atoms with E-state index in [4.69, 9.17) is 0 Å². The van der Waals surface area contributed by atoms with E-state index in [9.17, 15) is 0 Å². The van der Waals surface area contributed by atoms with Crippen molar-refractivity contribution in [1.82, 2.24) is 10.3 Å². The Bertz CT molecular complexity index is 491. The molecule has 0 aliphatic carbocycles. The van der Waals surface area contributed by atoms with Crippen molar-refractivity contribution in [2.24, 2.45) is 0 Å². The van der Waals surface area contributed by atoms with Crippen LogP contribution in [0, 0.1) is 0 Å². The lowest BCUT2D eigenvalue weighted by molar-refractivity contribution is 0.365. The molecule has 0 fully saturated rings. The van der Waals surface area contributed by atoms with Crippen molar-refractivity contribution in [1.29, 1.82) is 0 Å². The van der Waals surface area contributed by atoms with E-state index in [0.29, 0.717) is 0 Å². The van der Waals surface area contributed by atoms with Gasteiger partial charge in [-0.2, -0.15) is 0 Å². The molecule has 0 saturated heterocycles. The minimum absolute atomic E-state index is 0.165. The van der Waals surface area contributed by atoms with Crippen LogP contribution in [0.2, 0.25) is 0 Å². The van der Waals surface area contributed by atoms with Crippen LogP contribution in [0.4, 0.5) is 0 Å². The molecule has 2 nitrogen and oxygen atoms in total. The second-order valence-electron chi connectivity index (χ2n) is 5.91. The molecule has 2 rings (SSSR count). The van der Waals surface area contributed by atoms with Crippen LogP contribution < -0.4 is 5.32 Å². The molecule has 0 atom stereocenters. The Kier molecular flexibility index (Phi) is 5.31. The maximum Gasteiger partial charge on any atom is 0.0300 e. The number of nitrogens with one attached hydrogen (secondary N) is 1. The number of aryl methyl sites for hydroxylation is 1. The van der Waals surface area contributed by atoms with Gasteiger partial charge in [0.1, 0.15) is 0 Å². The van der Waals surface area contributed by atoms with Crippen molar-refractivity contribution >= 4 is 0 Å². The van der Waals surface area contributed by atoms with Crippen molar-refractivity contribution < 1.29 is 0 Å². The first kappa shape index (κ1) is 14.7. The lowest BCUT2D eigenvalue weighted by Crippen LogP contribution is -2.40. The molecule has 1 heterocycles. The van der Waals surface area contributed by atoms with Crippen LogP contribution in [0.5, 0.6) is 0 Å². The average molecular weight is 268 g/mol. The smallest absolute Gasteiger partial charge is 0.0300 e. The zero-order valence-corrected chi connectivity index (χ0v) is 12.5. The van der Waals surface area contributed by atoms with Gasteiger partial charge in [0.25, 0.3) is 0 Å². The van der Waals surface area contributed by atoms with Crippen molar-refractivity contribution in [3.05, 3.63) is 66.0 Å². The maximum atomic E-state index is 4.15. The fourth-order valence-electron chi connectivity index (χ4n) is 2.28. The summed E-state index contributed by atoms with van der Waals surface area (Å²) in [6.45, 7) is 5.55. The van der Waals surface area contributed by atoms with Crippen LogP contribution >= 0.6 is 0 Å². The monoisotopic (exact) mass is 268 g/mol. The summed E-state index contributed by atoms with van der Waals surface area (Å²) in [5.41, 5.74) is 2.87. The predicted octanol–water partition coefficient (Wildman–Crippen LogP) is 3.63. The third-order valence-corrected chi connectivity index (χ3v) is 3.62. The number of rotatable bonds is 7. The van der Waals surface area contributed by atoms with Gasteiger partial charge in [-0.15, -0.1) is 0 Å². The second kappa shape index (κ2) is 7.20. The Balaban J connectivity index is 1.73. The fourth-order valence-corrected chi connectivity index (χ4v) is 2.28. The second-order valence-corrected chi connectivity index (χ2v) is 5.91. The van der Waals surface area contributed by atoms with E-state index in [1.54, 1.807) is 0 Å². The highest BCUT2D eigenvalue weighted by Gasteiger charge is 2.16. The Labute approximate surface area is 122 Å². The maximum absolute atomic E-state index is 4.15. The van der Waals surface area contributed by atoms with Gasteiger partial charge in [0.05, 0.1) is 0 Å². The topological polar surface area (TPSA) is 24.9 Å². The number of aromatic nitrogens is 1. The lowest BCUT2D eigenvalue weighted by Gasteiger charge is -2.26. The lowest BCUT2D eigenvalue weighted by atomic mass is 9.95. The van der Waals surface area contributed by atoms with Gasteiger partial charge in [-0.3, -0.25) is 4.98 Å². The number of benzene rings is 1. The molecule has 0 unspecified atom stereocenters. The van der Waals surface area contributed by atoms with Crippen LogP contribution in [0.25, 0.3) is 0 Å². The Morgan fingerprint density at radius 2 is 1.70 bits per heavy atom. The Hall–Kier alpha value is -1.67. The zero-order chi connectivity index (χ0) is 14.3. The first-order valence-corrected chi connectivity index (χ1v) is 7.34. The summed E-state index contributed by atoms with van der Waals surface area (Å²) in [6.07, 6.45) is 7.06. The first-order chi connectivity index (χ1) is 9.66. The van der Waals surface area contributed by atoms with Gasteiger partial charge in [0.15, 0.2) is 0 Å². The minimum Gasteiger partial charge on any atom is -0.311 e.